The van der Waals surface area contributed by atoms with Crippen molar-refractivity contribution in [1.82, 2.24) is 31.2 Å². The molecule has 4 rings (SSSR count). The zero-order chi connectivity index (χ0) is 42.4. The fraction of sp³-hybridized carbons (Fsp3) is 0.368. The first-order valence-electron chi connectivity index (χ1n) is 17.5. The number of carbonyl (C=O) groups excluding carboxylic acids is 4. The molecule has 18 heteroatoms. The van der Waals surface area contributed by atoms with E-state index in [1.165, 1.54) is 63.5 Å². The standard InChI is InChI=1S/2C18H20F3N3O3.C2H6/c1-4-23-16(25)13-9-14(15(24-13)17(26)22-3)27-10(2)11-5-7-12(8-6-11)18(19,20)21;1-4-23-16(25)13-9-14(15(24-13)17(26)22-3)27-10(2)11-7-5-6-8-12(11)18(19,20)21;1-2/h2*5-10,24H,4H2,1-3H3,(H,22,26)(H,23,25);1-2H3. The van der Waals surface area contributed by atoms with Gasteiger partial charge >= 0.3 is 12.4 Å². The van der Waals surface area contributed by atoms with Crippen LogP contribution in [0, 0.1) is 0 Å². The summed E-state index contributed by atoms with van der Waals surface area (Å²) < 4.78 is 89.1. The normalized spacial score (nSPS) is 12.0. The minimum absolute atomic E-state index is 0.0138. The van der Waals surface area contributed by atoms with Gasteiger partial charge in [0, 0.05) is 44.9 Å². The van der Waals surface area contributed by atoms with Gasteiger partial charge in [0.2, 0.25) is 0 Å². The molecule has 2 heterocycles. The van der Waals surface area contributed by atoms with Crippen LogP contribution in [0.4, 0.5) is 26.3 Å². The lowest BCUT2D eigenvalue weighted by molar-refractivity contribution is -0.139. The van der Waals surface area contributed by atoms with Gasteiger partial charge < -0.3 is 40.7 Å². The number of ether oxygens (including phenoxy) is 2. The average Bonchev–Trinajstić information content (AvgIpc) is 3.79. The Balaban J connectivity index is 0.000000370. The number of rotatable bonds is 12. The van der Waals surface area contributed by atoms with Crippen molar-refractivity contribution in [1.29, 1.82) is 0 Å². The van der Waals surface area contributed by atoms with E-state index in [1.807, 2.05) is 13.8 Å². The van der Waals surface area contributed by atoms with Crippen LogP contribution in [0.15, 0.2) is 60.7 Å². The van der Waals surface area contributed by atoms with Crippen LogP contribution in [0.2, 0.25) is 0 Å². The van der Waals surface area contributed by atoms with Crippen molar-refractivity contribution < 1.29 is 55.0 Å². The number of amides is 4. The molecule has 6 N–H and O–H groups in total. The van der Waals surface area contributed by atoms with Crippen molar-refractivity contribution in [2.45, 2.75) is 66.1 Å². The zero-order valence-electron chi connectivity index (χ0n) is 32.1. The van der Waals surface area contributed by atoms with Crippen LogP contribution in [0.3, 0.4) is 0 Å². The molecule has 4 amide bonds. The lowest BCUT2D eigenvalue weighted by Gasteiger charge is -2.19. The van der Waals surface area contributed by atoms with Gasteiger partial charge in [0.15, 0.2) is 11.5 Å². The molecular formula is C38H46F6N6O6. The minimum atomic E-state index is -4.54. The van der Waals surface area contributed by atoms with Gasteiger partial charge in [0.1, 0.15) is 35.0 Å². The molecule has 2 aromatic heterocycles. The van der Waals surface area contributed by atoms with Crippen LogP contribution in [-0.2, 0) is 12.4 Å². The number of aromatic nitrogens is 2. The summed E-state index contributed by atoms with van der Waals surface area (Å²) in [5, 5.41) is 10.00. The maximum Gasteiger partial charge on any atom is 0.416 e. The van der Waals surface area contributed by atoms with Crippen molar-refractivity contribution in [2.24, 2.45) is 0 Å². The van der Waals surface area contributed by atoms with Crippen LogP contribution in [0.1, 0.15) is 118 Å². The van der Waals surface area contributed by atoms with E-state index in [0.29, 0.717) is 18.7 Å². The fourth-order valence-electron chi connectivity index (χ4n) is 4.97. The number of hydrogen-bond acceptors (Lipinski definition) is 6. The Kier molecular flexibility index (Phi) is 17.0. The molecule has 56 heavy (non-hydrogen) atoms. The smallest absolute Gasteiger partial charge is 0.416 e. The van der Waals surface area contributed by atoms with Crippen LogP contribution >= 0.6 is 0 Å². The highest BCUT2D eigenvalue weighted by atomic mass is 19.4. The number of aromatic amines is 2. The minimum Gasteiger partial charge on any atom is -0.484 e. The summed E-state index contributed by atoms with van der Waals surface area (Å²) in [6.45, 7) is 11.3. The molecule has 2 unspecified atom stereocenters. The predicted molar refractivity (Wildman–Crippen MR) is 197 cm³/mol. The average molecular weight is 797 g/mol. The van der Waals surface area contributed by atoms with E-state index in [0.717, 1.165) is 18.2 Å². The number of hydrogen-bond donors (Lipinski definition) is 6. The molecule has 2 atom stereocenters. The largest absolute Gasteiger partial charge is 0.484 e. The van der Waals surface area contributed by atoms with Gasteiger partial charge in [0.05, 0.1) is 11.1 Å². The highest BCUT2D eigenvalue weighted by molar-refractivity contribution is 6.00. The molecule has 0 spiro atoms. The first-order chi connectivity index (χ1) is 26.4. The summed E-state index contributed by atoms with van der Waals surface area (Å²) in [5.74, 6) is -1.79. The first-order valence-corrected chi connectivity index (χ1v) is 17.5. The van der Waals surface area contributed by atoms with Gasteiger partial charge in [-0.3, -0.25) is 19.2 Å². The van der Waals surface area contributed by atoms with Gasteiger partial charge in [-0.15, -0.1) is 0 Å². The Labute approximate surface area is 320 Å². The van der Waals surface area contributed by atoms with Crippen molar-refractivity contribution in [3.63, 3.8) is 0 Å². The van der Waals surface area contributed by atoms with Crippen LogP contribution in [0.5, 0.6) is 11.5 Å². The molecule has 0 fully saturated rings. The van der Waals surface area contributed by atoms with E-state index >= 15 is 0 Å². The van der Waals surface area contributed by atoms with Gasteiger partial charge in [0.25, 0.3) is 23.6 Å². The Morgan fingerprint density at radius 2 is 1.07 bits per heavy atom. The second kappa shape index (κ2) is 20.7. The number of halogens is 6. The SMILES string of the molecule is CC.CCNC(=O)c1cc(OC(C)c2ccc(C(F)(F)F)cc2)c(C(=O)NC)[nH]1.CCNC(=O)c1cc(OC(C)c2ccccc2C(F)(F)F)c(C(=O)NC)[nH]1. The molecule has 0 radical (unpaired) electrons. The Bertz CT molecular complexity index is 1920. The molecular weight excluding hydrogens is 750 g/mol. The molecule has 2 aromatic carbocycles. The Morgan fingerprint density at radius 1 is 0.643 bits per heavy atom. The fourth-order valence-corrected chi connectivity index (χ4v) is 4.97. The number of benzene rings is 2. The lowest BCUT2D eigenvalue weighted by Crippen LogP contribution is -2.23. The number of carbonyl (C=O) groups is 4. The van der Waals surface area contributed by atoms with Crippen molar-refractivity contribution in [2.75, 3.05) is 27.2 Å². The summed E-state index contributed by atoms with van der Waals surface area (Å²) in [6.07, 6.45) is -10.6. The van der Waals surface area contributed by atoms with E-state index in [1.54, 1.807) is 20.8 Å². The third kappa shape index (κ3) is 12.3. The molecule has 0 aliphatic rings. The molecule has 0 saturated carbocycles. The zero-order valence-corrected chi connectivity index (χ0v) is 32.1. The third-order valence-corrected chi connectivity index (χ3v) is 7.65. The molecule has 306 valence electrons. The maximum absolute atomic E-state index is 13.2. The molecule has 0 aliphatic carbocycles. The number of alkyl halides is 6. The Morgan fingerprint density at radius 3 is 1.46 bits per heavy atom. The maximum atomic E-state index is 13.2. The van der Waals surface area contributed by atoms with E-state index in [4.69, 9.17) is 9.47 Å². The highest BCUT2D eigenvalue weighted by Gasteiger charge is 2.35. The second-order valence-electron chi connectivity index (χ2n) is 11.4. The third-order valence-electron chi connectivity index (χ3n) is 7.65. The second-order valence-corrected chi connectivity index (χ2v) is 11.4. The van der Waals surface area contributed by atoms with Crippen LogP contribution in [0.25, 0.3) is 0 Å². The number of nitrogens with one attached hydrogen (secondary N) is 6. The highest BCUT2D eigenvalue weighted by Crippen LogP contribution is 2.37. The van der Waals surface area contributed by atoms with E-state index in [2.05, 4.69) is 31.2 Å². The topological polar surface area (TPSA) is 166 Å². The van der Waals surface area contributed by atoms with E-state index in [9.17, 15) is 45.5 Å². The summed E-state index contributed by atoms with van der Waals surface area (Å²) in [7, 11) is 2.82. The van der Waals surface area contributed by atoms with Gasteiger partial charge in [-0.05, 0) is 51.5 Å². The van der Waals surface area contributed by atoms with Gasteiger partial charge in [-0.25, -0.2) is 0 Å². The van der Waals surface area contributed by atoms with Crippen molar-refractivity contribution in [3.8, 4) is 11.5 Å². The molecule has 0 saturated heterocycles. The van der Waals surface area contributed by atoms with Crippen LogP contribution < -0.4 is 30.7 Å². The van der Waals surface area contributed by atoms with E-state index in [-0.39, 0.29) is 39.8 Å². The van der Waals surface area contributed by atoms with E-state index < -0.39 is 59.3 Å². The summed E-state index contributed by atoms with van der Waals surface area (Å²) >= 11 is 0. The molecule has 4 aromatic rings. The van der Waals surface area contributed by atoms with Gasteiger partial charge in [-0.2, -0.15) is 26.3 Å². The van der Waals surface area contributed by atoms with Crippen molar-refractivity contribution >= 4 is 23.6 Å². The molecule has 12 nitrogen and oxygen atoms in total. The summed E-state index contributed by atoms with van der Waals surface area (Å²) in [4.78, 5) is 53.4. The van der Waals surface area contributed by atoms with Crippen LogP contribution in [-0.4, -0.2) is 60.8 Å². The molecule has 0 aliphatic heterocycles. The summed E-state index contributed by atoms with van der Waals surface area (Å²) in [5.41, 5.74) is -0.942. The predicted octanol–water partition coefficient (Wildman–Crippen LogP) is 7.59. The monoisotopic (exact) mass is 796 g/mol. The van der Waals surface area contributed by atoms with Crippen molar-refractivity contribution in [3.05, 3.63) is 106 Å². The molecule has 0 bridgehead atoms. The quantitative estimate of drug-likeness (QED) is 0.0809. The lowest BCUT2D eigenvalue weighted by atomic mass is 10.0. The summed E-state index contributed by atoms with van der Waals surface area (Å²) in [6, 6.07) is 12.3. The first kappa shape index (κ1) is 46.2. The number of H-pyrrole nitrogens is 2. The van der Waals surface area contributed by atoms with Gasteiger partial charge in [-0.1, -0.05) is 44.2 Å². The Hall–Kier alpha value is -5.94.